The molecule has 0 aliphatic carbocycles. The second kappa shape index (κ2) is 27.0. The fourth-order valence-corrected chi connectivity index (χ4v) is 0.0577. The molecule has 0 atom stereocenters. The van der Waals surface area contributed by atoms with E-state index in [-0.39, 0.29) is 13.2 Å². The lowest BCUT2D eigenvalue weighted by Gasteiger charge is -1.96. The molecule has 0 amide bonds. The molecule has 12 heteroatoms. The van der Waals surface area contributed by atoms with E-state index in [2.05, 4.69) is 0 Å². The predicted molar refractivity (Wildman–Crippen MR) is 70.8 cm³/mol. The molecular formula is C10H22O12. The van der Waals surface area contributed by atoms with Gasteiger partial charge >= 0.3 is 6.16 Å². The molecular weight excluding hydrogens is 312 g/mol. The molecule has 0 aromatic carbocycles. The van der Waals surface area contributed by atoms with Gasteiger partial charge in [0.05, 0.1) is 13.2 Å². The summed E-state index contributed by atoms with van der Waals surface area (Å²) in [6.07, 6.45) is -2.79. The van der Waals surface area contributed by atoms with Crippen molar-refractivity contribution in [2.24, 2.45) is 0 Å². The van der Waals surface area contributed by atoms with Crippen molar-refractivity contribution in [3.05, 3.63) is 0 Å². The molecule has 0 unspecified atom stereocenters. The van der Waals surface area contributed by atoms with Gasteiger partial charge in [0.25, 0.3) is 17.9 Å². The van der Waals surface area contributed by atoms with Crippen LogP contribution in [0.4, 0.5) is 4.79 Å². The average molecular weight is 334 g/mol. The van der Waals surface area contributed by atoms with Gasteiger partial charge in [0.1, 0.15) is 6.10 Å². The minimum absolute atomic E-state index is 0.365. The number of carboxylic acids is 3. The summed E-state index contributed by atoms with van der Waals surface area (Å²) in [5.74, 6) is -2.50. The van der Waals surface area contributed by atoms with E-state index in [0.717, 1.165) is 20.8 Å². The molecule has 0 heterocycles. The van der Waals surface area contributed by atoms with E-state index in [1.54, 1.807) is 0 Å². The SMILES string of the molecule is CC(=O)O.CC(=O)O.CC(=O)O.O=C(O)O.OCC(O)CO. The summed E-state index contributed by atoms with van der Waals surface area (Å²) in [5.41, 5.74) is 0. The Morgan fingerprint density at radius 2 is 0.773 bits per heavy atom. The van der Waals surface area contributed by atoms with Crippen LogP contribution in [0.15, 0.2) is 0 Å². The Bertz CT molecular complexity index is 220. The molecule has 0 bridgehead atoms. The van der Waals surface area contributed by atoms with Gasteiger partial charge in [0.2, 0.25) is 0 Å². The molecule has 0 aromatic heterocycles. The second-order valence-electron chi connectivity index (χ2n) is 2.86. The van der Waals surface area contributed by atoms with Crippen molar-refractivity contribution >= 4 is 24.1 Å². The molecule has 0 saturated heterocycles. The van der Waals surface area contributed by atoms with E-state index in [9.17, 15) is 0 Å². The lowest BCUT2D eigenvalue weighted by Crippen LogP contribution is -2.15. The summed E-state index contributed by atoms with van der Waals surface area (Å²) in [6.45, 7) is 2.52. The zero-order valence-electron chi connectivity index (χ0n) is 12.2. The Balaban J connectivity index is -0.0000000555. The molecule has 0 aromatic rings. The van der Waals surface area contributed by atoms with Crippen molar-refractivity contribution < 1.29 is 60.0 Å². The molecule has 0 saturated carbocycles. The number of aliphatic carboxylic acids is 3. The van der Waals surface area contributed by atoms with Gasteiger partial charge in [0.15, 0.2) is 0 Å². The van der Waals surface area contributed by atoms with Gasteiger partial charge in [-0.1, -0.05) is 0 Å². The highest BCUT2D eigenvalue weighted by molar-refractivity contribution is 5.63. The van der Waals surface area contributed by atoms with Gasteiger partial charge in [-0.15, -0.1) is 0 Å². The monoisotopic (exact) mass is 334 g/mol. The van der Waals surface area contributed by atoms with Crippen LogP contribution in [0.25, 0.3) is 0 Å². The third-order valence-corrected chi connectivity index (χ3v) is 0.421. The van der Waals surface area contributed by atoms with Crippen LogP contribution in [-0.2, 0) is 14.4 Å². The van der Waals surface area contributed by atoms with Crippen LogP contribution in [-0.4, -0.2) is 84.2 Å². The van der Waals surface area contributed by atoms with E-state index < -0.39 is 30.2 Å². The number of aliphatic hydroxyl groups is 3. The normalized spacial score (nSPS) is 7.23. The van der Waals surface area contributed by atoms with E-state index in [4.69, 9.17) is 60.0 Å². The van der Waals surface area contributed by atoms with Crippen LogP contribution in [0, 0.1) is 0 Å². The predicted octanol–water partition coefficient (Wildman–Crippen LogP) is -1.17. The first-order valence-corrected chi connectivity index (χ1v) is 5.14. The number of rotatable bonds is 2. The van der Waals surface area contributed by atoms with Crippen molar-refractivity contribution in [2.75, 3.05) is 13.2 Å². The van der Waals surface area contributed by atoms with Gasteiger partial charge in [0, 0.05) is 20.8 Å². The van der Waals surface area contributed by atoms with E-state index in [0.29, 0.717) is 0 Å². The third-order valence-electron chi connectivity index (χ3n) is 0.421. The first-order chi connectivity index (χ1) is 9.74. The van der Waals surface area contributed by atoms with Gasteiger partial charge in [-0.2, -0.15) is 0 Å². The van der Waals surface area contributed by atoms with Crippen LogP contribution in [0.1, 0.15) is 20.8 Å². The van der Waals surface area contributed by atoms with Gasteiger partial charge in [-0.3, -0.25) is 14.4 Å². The smallest absolute Gasteiger partial charge is 0.481 e. The minimum Gasteiger partial charge on any atom is -0.481 e. The summed E-state index contributed by atoms with van der Waals surface area (Å²) in [5, 5.41) is 60.2. The number of hydrogen-bond donors (Lipinski definition) is 8. The maximum atomic E-state index is 9.00. The highest BCUT2D eigenvalue weighted by Gasteiger charge is 1.93. The van der Waals surface area contributed by atoms with Crippen LogP contribution < -0.4 is 0 Å². The molecule has 8 N–H and O–H groups in total. The van der Waals surface area contributed by atoms with Crippen molar-refractivity contribution in [1.82, 2.24) is 0 Å². The van der Waals surface area contributed by atoms with Crippen LogP contribution >= 0.6 is 0 Å². The Morgan fingerprint density at radius 1 is 0.682 bits per heavy atom. The summed E-state index contributed by atoms with van der Waals surface area (Å²) in [4.78, 5) is 35.6. The van der Waals surface area contributed by atoms with Crippen molar-refractivity contribution in [3.63, 3.8) is 0 Å². The van der Waals surface area contributed by atoms with Crippen molar-refractivity contribution in [2.45, 2.75) is 26.9 Å². The highest BCUT2D eigenvalue weighted by Crippen LogP contribution is 1.71. The van der Waals surface area contributed by atoms with Gasteiger partial charge in [-0.25, -0.2) is 4.79 Å². The Labute approximate surface area is 125 Å². The van der Waals surface area contributed by atoms with E-state index in [1.807, 2.05) is 0 Å². The van der Waals surface area contributed by atoms with Crippen molar-refractivity contribution in [1.29, 1.82) is 0 Å². The molecule has 0 aliphatic heterocycles. The third kappa shape index (κ3) is 1980. The second-order valence-corrected chi connectivity index (χ2v) is 2.86. The molecule has 0 fully saturated rings. The van der Waals surface area contributed by atoms with Crippen LogP contribution in [0.5, 0.6) is 0 Å². The zero-order chi connectivity index (χ0) is 19.3. The van der Waals surface area contributed by atoms with Crippen molar-refractivity contribution in [3.8, 4) is 0 Å². The zero-order valence-corrected chi connectivity index (χ0v) is 12.2. The lowest BCUT2D eigenvalue weighted by molar-refractivity contribution is -0.135. The largest absolute Gasteiger partial charge is 0.503 e. The first-order valence-electron chi connectivity index (χ1n) is 5.14. The molecule has 12 nitrogen and oxygen atoms in total. The number of carbonyl (C=O) groups is 4. The molecule has 0 spiro atoms. The first kappa shape index (κ1) is 31.8. The molecule has 134 valence electrons. The standard InChI is InChI=1S/C3H8O3.3C2H4O2.CH2O3/c4-1-3(6)2-5;3*1-2(3)4;2-1(3)4/h3-6H,1-2H2;3*1H3,(H,3,4);(H2,2,3,4). The molecule has 0 rings (SSSR count). The summed E-state index contributed by atoms with van der Waals surface area (Å²) < 4.78 is 0. The van der Waals surface area contributed by atoms with Crippen LogP contribution in [0.2, 0.25) is 0 Å². The van der Waals surface area contributed by atoms with Crippen LogP contribution in [0.3, 0.4) is 0 Å². The fraction of sp³-hybridized carbons (Fsp3) is 0.600. The summed E-state index contributed by atoms with van der Waals surface area (Å²) in [6, 6.07) is 0. The Kier molecular flexibility index (Phi) is 39.0. The molecule has 22 heavy (non-hydrogen) atoms. The lowest BCUT2D eigenvalue weighted by atomic mass is 10.4. The number of aliphatic hydroxyl groups excluding tert-OH is 3. The molecule has 0 radical (unpaired) electrons. The quantitative estimate of drug-likeness (QED) is 0.298. The van der Waals surface area contributed by atoms with E-state index >= 15 is 0 Å². The number of hydrogen-bond acceptors (Lipinski definition) is 7. The maximum absolute atomic E-state index is 9.00. The Morgan fingerprint density at radius 3 is 0.773 bits per heavy atom. The fourth-order valence-electron chi connectivity index (χ4n) is 0.0577. The number of carboxylic acid groups (broad SMARTS) is 5. The maximum Gasteiger partial charge on any atom is 0.503 e. The topological polar surface area (TPSA) is 230 Å². The highest BCUT2D eigenvalue weighted by atomic mass is 16.6. The van der Waals surface area contributed by atoms with Gasteiger partial charge in [-0.05, 0) is 0 Å². The Hall–Kier alpha value is -2.44. The summed E-state index contributed by atoms with van der Waals surface area (Å²) in [7, 11) is 0. The van der Waals surface area contributed by atoms with Gasteiger partial charge < -0.3 is 40.9 Å². The minimum atomic E-state index is -1.83. The summed E-state index contributed by atoms with van der Waals surface area (Å²) >= 11 is 0. The molecule has 0 aliphatic rings. The van der Waals surface area contributed by atoms with E-state index in [1.165, 1.54) is 0 Å². The average Bonchev–Trinajstić information content (AvgIpc) is 2.24.